The van der Waals surface area contributed by atoms with Gasteiger partial charge in [-0.25, -0.2) is 14.1 Å². The SMILES string of the molecule is O=C(O)C1CC1.O=Cc1nc2n(n1)C(c1ccccc1)CC2F. The maximum atomic E-state index is 13.8. The monoisotopic (exact) mass is 317 g/mol. The Kier molecular flexibility index (Phi) is 4.18. The van der Waals surface area contributed by atoms with Crippen LogP contribution in [0.15, 0.2) is 30.3 Å². The third kappa shape index (κ3) is 3.28. The van der Waals surface area contributed by atoms with E-state index in [2.05, 4.69) is 10.1 Å². The van der Waals surface area contributed by atoms with Crippen molar-refractivity contribution in [1.29, 1.82) is 0 Å². The molecule has 1 aromatic heterocycles. The first kappa shape index (κ1) is 15.3. The van der Waals surface area contributed by atoms with Crippen molar-refractivity contribution in [2.75, 3.05) is 0 Å². The van der Waals surface area contributed by atoms with Gasteiger partial charge in [-0.05, 0) is 18.4 Å². The quantitative estimate of drug-likeness (QED) is 0.879. The number of nitrogens with zero attached hydrogens (tertiary/aromatic N) is 3. The second-order valence-electron chi connectivity index (χ2n) is 5.63. The molecular formula is C16H16FN3O3. The van der Waals surface area contributed by atoms with E-state index in [1.165, 1.54) is 4.68 Å². The van der Waals surface area contributed by atoms with Gasteiger partial charge >= 0.3 is 5.97 Å². The minimum Gasteiger partial charge on any atom is -0.481 e. The van der Waals surface area contributed by atoms with Crippen molar-refractivity contribution in [3.63, 3.8) is 0 Å². The molecule has 2 atom stereocenters. The summed E-state index contributed by atoms with van der Waals surface area (Å²) in [4.78, 5) is 24.2. The Morgan fingerprint density at radius 3 is 2.52 bits per heavy atom. The van der Waals surface area contributed by atoms with Crippen molar-refractivity contribution in [3.8, 4) is 0 Å². The summed E-state index contributed by atoms with van der Waals surface area (Å²) in [7, 11) is 0. The average molecular weight is 317 g/mol. The number of hydrogen-bond donors (Lipinski definition) is 1. The predicted molar refractivity (Wildman–Crippen MR) is 78.8 cm³/mol. The Balaban J connectivity index is 0.000000220. The van der Waals surface area contributed by atoms with E-state index < -0.39 is 12.1 Å². The molecule has 2 unspecified atom stereocenters. The largest absolute Gasteiger partial charge is 0.481 e. The smallest absolute Gasteiger partial charge is 0.306 e. The Hall–Kier alpha value is -2.57. The standard InChI is InChI=1S/C12H10FN3O.C4H6O2/c13-9-6-10(8-4-2-1-3-5-8)16-12(9)14-11(7-17)15-16;5-4(6)3-1-2-3/h1-5,7,9-10H,6H2;3H,1-2H2,(H,5,6). The van der Waals surface area contributed by atoms with Crippen LogP contribution < -0.4 is 0 Å². The number of halogens is 1. The summed E-state index contributed by atoms with van der Waals surface area (Å²) in [6.45, 7) is 0. The normalized spacial score (nSPS) is 22.0. The summed E-state index contributed by atoms with van der Waals surface area (Å²) in [5.41, 5.74) is 0.983. The number of carboxylic acid groups (broad SMARTS) is 1. The fraction of sp³-hybridized carbons (Fsp3) is 0.375. The highest BCUT2D eigenvalue weighted by atomic mass is 19.1. The zero-order valence-electron chi connectivity index (χ0n) is 12.3. The van der Waals surface area contributed by atoms with Gasteiger partial charge in [-0.15, -0.1) is 5.10 Å². The fourth-order valence-electron chi connectivity index (χ4n) is 2.53. The Labute approximate surface area is 132 Å². The Morgan fingerprint density at radius 2 is 2.00 bits per heavy atom. The topological polar surface area (TPSA) is 85.1 Å². The molecule has 0 spiro atoms. The molecule has 1 aliphatic carbocycles. The maximum Gasteiger partial charge on any atom is 0.306 e. The Morgan fingerprint density at radius 1 is 1.30 bits per heavy atom. The van der Waals surface area contributed by atoms with Gasteiger partial charge in [0.1, 0.15) is 0 Å². The third-order valence-corrected chi connectivity index (χ3v) is 3.90. The summed E-state index contributed by atoms with van der Waals surface area (Å²) in [6, 6.07) is 9.40. The van der Waals surface area contributed by atoms with Gasteiger partial charge in [-0.1, -0.05) is 30.3 Å². The molecule has 120 valence electrons. The first-order valence-electron chi connectivity index (χ1n) is 7.43. The number of aldehydes is 1. The number of hydrogen-bond acceptors (Lipinski definition) is 4. The number of rotatable bonds is 3. The zero-order chi connectivity index (χ0) is 16.4. The molecule has 0 radical (unpaired) electrons. The van der Waals surface area contributed by atoms with Crippen molar-refractivity contribution in [1.82, 2.24) is 14.8 Å². The van der Waals surface area contributed by atoms with Crippen LogP contribution >= 0.6 is 0 Å². The molecule has 1 aliphatic heterocycles. The molecule has 6 nitrogen and oxygen atoms in total. The van der Waals surface area contributed by atoms with Crippen LogP contribution in [0.25, 0.3) is 0 Å². The van der Waals surface area contributed by atoms with Crippen molar-refractivity contribution < 1.29 is 19.1 Å². The summed E-state index contributed by atoms with van der Waals surface area (Å²) in [5.74, 6) is -0.316. The highest BCUT2D eigenvalue weighted by Gasteiger charge is 2.35. The molecule has 1 fully saturated rings. The van der Waals surface area contributed by atoms with Gasteiger partial charge in [0.05, 0.1) is 12.0 Å². The van der Waals surface area contributed by atoms with E-state index in [0.29, 0.717) is 12.7 Å². The van der Waals surface area contributed by atoms with Crippen LogP contribution in [-0.4, -0.2) is 32.1 Å². The maximum absolute atomic E-state index is 13.8. The lowest BCUT2D eigenvalue weighted by atomic mass is 10.0. The number of carbonyl (C=O) groups is 2. The highest BCUT2D eigenvalue weighted by molar-refractivity contribution is 5.72. The van der Waals surface area contributed by atoms with E-state index in [1.807, 2.05) is 30.3 Å². The fourth-order valence-corrected chi connectivity index (χ4v) is 2.53. The van der Waals surface area contributed by atoms with Crippen molar-refractivity contribution in [3.05, 3.63) is 47.5 Å². The first-order chi connectivity index (χ1) is 11.1. The number of alkyl halides is 1. The summed E-state index contributed by atoms with van der Waals surface area (Å²) in [5, 5.41) is 12.1. The molecule has 0 saturated heterocycles. The van der Waals surface area contributed by atoms with Crippen LogP contribution in [0.4, 0.5) is 4.39 Å². The van der Waals surface area contributed by atoms with Crippen molar-refractivity contribution in [2.45, 2.75) is 31.5 Å². The molecule has 0 bridgehead atoms. The average Bonchev–Trinajstić information content (AvgIpc) is 3.26. The minimum absolute atomic E-state index is 0.0185. The van der Waals surface area contributed by atoms with Crippen molar-refractivity contribution >= 4 is 12.3 Å². The van der Waals surface area contributed by atoms with Crippen LogP contribution in [0.1, 0.15) is 53.5 Å². The summed E-state index contributed by atoms with van der Waals surface area (Å²) in [6.07, 6.45) is 1.52. The molecule has 1 aromatic carbocycles. The van der Waals surface area contributed by atoms with Gasteiger partial charge in [0.25, 0.3) is 0 Å². The zero-order valence-corrected chi connectivity index (χ0v) is 12.3. The summed E-state index contributed by atoms with van der Waals surface area (Å²) < 4.78 is 15.3. The van der Waals surface area contributed by atoms with Crippen LogP contribution in [-0.2, 0) is 4.79 Å². The highest BCUT2D eigenvalue weighted by Crippen LogP contribution is 2.38. The number of aliphatic carboxylic acids is 1. The number of carbonyl (C=O) groups excluding carboxylic acids is 1. The number of aromatic nitrogens is 3. The van der Waals surface area contributed by atoms with Crippen LogP contribution in [0, 0.1) is 5.92 Å². The second kappa shape index (κ2) is 6.28. The van der Waals surface area contributed by atoms with Crippen LogP contribution in [0.2, 0.25) is 0 Å². The van der Waals surface area contributed by atoms with E-state index in [4.69, 9.17) is 5.11 Å². The molecular weight excluding hydrogens is 301 g/mol. The van der Waals surface area contributed by atoms with Crippen LogP contribution in [0.3, 0.4) is 0 Å². The lowest BCUT2D eigenvalue weighted by molar-refractivity contribution is -0.138. The van der Waals surface area contributed by atoms with E-state index in [9.17, 15) is 14.0 Å². The lowest BCUT2D eigenvalue weighted by Gasteiger charge is -2.10. The van der Waals surface area contributed by atoms with E-state index in [1.54, 1.807) is 0 Å². The molecule has 2 aromatic rings. The molecule has 4 rings (SSSR count). The van der Waals surface area contributed by atoms with Crippen molar-refractivity contribution in [2.24, 2.45) is 5.92 Å². The molecule has 2 heterocycles. The van der Waals surface area contributed by atoms with E-state index in [-0.39, 0.29) is 23.6 Å². The molecule has 1 N–H and O–H groups in total. The predicted octanol–water partition coefficient (Wildman–Crippen LogP) is 2.58. The van der Waals surface area contributed by atoms with E-state index >= 15 is 0 Å². The molecule has 2 aliphatic rings. The van der Waals surface area contributed by atoms with Gasteiger partial charge in [-0.2, -0.15) is 0 Å². The minimum atomic E-state index is -1.15. The first-order valence-corrected chi connectivity index (χ1v) is 7.43. The van der Waals surface area contributed by atoms with Gasteiger partial charge in [0.15, 0.2) is 18.3 Å². The molecule has 1 saturated carbocycles. The van der Waals surface area contributed by atoms with Crippen LogP contribution in [0.5, 0.6) is 0 Å². The molecule has 0 amide bonds. The van der Waals surface area contributed by atoms with Gasteiger partial charge in [0.2, 0.25) is 5.82 Å². The molecule has 7 heteroatoms. The number of fused-ring (bicyclic) bond motifs is 1. The third-order valence-electron chi connectivity index (χ3n) is 3.90. The van der Waals surface area contributed by atoms with Gasteiger partial charge < -0.3 is 5.11 Å². The number of carboxylic acids is 1. The number of benzene rings is 1. The van der Waals surface area contributed by atoms with Gasteiger partial charge in [0, 0.05) is 6.42 Å². The lowest BCUT2D eigenvalue weighted by Crippen LogP contribution is -2.07. The van der Waals surface area contributed by atoms with E-state index in [0.717, 1.165) is 18.4 Å². The molecule has 23 heavy (non-hydrogen) atoms. The van der Waals surface area contributed by atoms with Gasteiger partial charge in [-0.3, -0.25) is 9.59 Å². The Bertz CT molecular complexity index is 713. The summed E-state index contributed by atoms with van der Waals surface area (Å²) >= 11 is 0. The second-order valence-corrected chi connectivity index (χ2v) is 5.63.